The van der Waals surface area contributed by atoms with Crippen molar-refractivity contribution in [2.75, 3.05) is 51.3 Å². The quantitative estimate of drug-likeness (QED) is 0.257. The lowest BCUT2D eigenvalue weighted by Gasteiger charge is -2.36. The zero-order valence-corrected chi connectivity index (χ0v) is 24.3. The van der Waals surface area contributed by atoms with Crippen LogP contribution in [0.5, 0.6) is 5.75 Å². The van der Waals surface area contributed by atoms with Gasteiger partial charge in [0.05, 0.1) is 12.8 Å². The fraction of sp³-hybridized carbons (Fsp3) is 0.294. The van der Waals surface area contributed by atoms with E-state index < -0.39 is 0 Å². The molecule has 1 fully saturated rings. The SMILES string of the molecule is CCCCN(CC(=O)N1CCN(c2ccc(-c3ccc(-c4ccccc4)cc3)nn2)CC1)C(=O)c1cccc(OC)c1. The van der Waals surface area contributed by atoms with Gasteiger partial charge in [-0.3, -0.25) is 9.59 Å². The third-order valence-corrected chi connectivity index (χ3v) is 7.61. The number of amides is 2. The predicted molar refractivity (Wildman–Crippen MR) is 166 cm³/mol. The zero-order chi connectivity index (χ0) is 29.3. The third kappa shape index (κ3) is 6.94. The Morgan fingerprint density at radius 1 is 0.810 bits per heavy atom. The van der Waals surface area contributed by atoms with E-state index in [1.165, 1.54) is 5.56 Å². The minimum atomic E-state index is -0.153. The van der Waals surface area contributed by atoms with Crippen molar-refractivity contribution < 1.29 is 14.3 Å². The number of ether oxygens (including phenoxy) is 1. The first kappa shape index (κ1) is 28.8. The molecule has 8 heteroatoms. The smallest absolute Gasteiger partial charge is 0.254 e. The van der Waals surface area contributed by atoms with Crippen molar-refractivity contribution >= 4 is 17.6 Å². The van der Waals surface area contributed by atoms with Crippen molar-refractivity contribution in [1.82, 2.24) is 20.0 Å². The van der Waals surface area contributed by atoms with Gasteiger partial charge >= 0.3 is 0 Å². The molecule has 216 valence electrons. The van der Waals surface area contributed by atoms with Gasteiger partial charge in [-0.25, -0.2) is 0 Å². The van der Waals surface area contributed by atoms with Gasteiger partial charge in [-0.2, -0.15) is 0 Å². The molecule has 0 unspecified atom stereocenters. The molecule has 0 radical (unpaired) electrons. The Morgan fingerprint density at radius 3 is 2.19 bits per heavy atom. The molecule has 0 aliphatic carbocycles. The summed E-state index contributed by atoms with van der Waals surface area (Å²) in [6, 6.07) is 29.7. The van der Waals surface area contributed by atoms with Crippen LogP contribution in [-0.2, 0) is 4.79 Å². The first-order valence-corrected chi connectivity index (χ1v) is 14.5. The highest BCUT2D eigenvalue weighted by Gasteiger charge is 2.26. The highest BCUT2D eigenvalue weighted by atomic mass is 16.5. The highest BCUT2D eigenvalue weighted by Crippen LogP contribution is 2.24. The van der Waals surface area contributed by atoms with Gasteiger partial charge in [0.2, 0.25) is 5.91 Å². The van der Waals surface area contributed by atoms with Crippen LogP contribution in [0.4, 0.5) is 5.82 Å². The van der Waals surface area contributed by atoms with Gasteiger partial charge in [0, 0.05) is 43.9 Å². The Kier molecular flexibility index (Phi) is 9.44. The average Bonchev–Trinajstić information content (AvgIpc) is 3.07. The lowest BCUT2D eigenvalue weighted by Crippen LogP contribution is -2.52. The number of aromatic nitrogens is 2. The zero-order valence-electron chi connectivity index (χ0n) is 24.3. The lowest BCUT2D eigenvalue weighted by atomic mass is 10.0. The molecule has 8 nitrogen and oxygen atoms in total. The lowest BCUT2D eigenvalue weighted by molar-refractivity contribution is -0.132. The van der Waals surface area contributed by atoms with Crippen LogP contribution in [0.3, 0.4) is 0 Å². The number of rotatable bonds is 10. The van der Waals surface area contributed by atoms with Gasteiger partial charge in [0.1, 0.15) is 12.3 Å². The number of nitrogens with zero attached hydrogens (tertiary/aromatic N) is 5. The number of hydrogen-bond acceptors (Lipinski definition) is 6. The Morgan fingerprint density at radius 2 is 1.52 bits per heavy atom. The van der Waals surface area contributed by atoms with E-state index in [0.717, 1.165) is 35.5 Å². The van der Waals surface area contributed by atoms with Crippen LogP contribution < -0.4 is 9.64 Å². The van der Waals surface area contributed by atoms with Crippen LogP contribution in [0.2, 0.25) is 0 Å². The second kappa shape index (κ2) is 13.8. The molecule has 0 saturated carbocycles. The minimum Gasteiger partial charge on any atom is -0.497 e. The minimum absolute atomic E-state index is 0.0395. The van der Waals surface area contributed by atoms with Crippen LogP contribution in [0.25, 0.3) is 22.4 Å². The van der Waals surface area contributed by atoms with Crippen molar-refractivity contribution in [3.05, 3.63) is 96.6 Å². The number of anilines is 1. The molecule has 0 spiro atoms. The molecule has 1 aliphatic heterocycles. The normalized spacial score (nSPS) is 13.1. The summed E-state index contributed by atoms with van der Waals surface area (Å²) in [7, 11) is 1.58. The molecule has 4 aromatic rings. The number of carbonyl (C=O) groups excluding carboxylic acids is 2. The van der Waals surface area contributed by atoms with Gasteiger partial charge in [-0.1, -0.05) is 74.0 Å². The van der Waals surface area contributed by atoms with Gasteiger partial charge < -0.3 is 19.4 Å². The molecule has 1 aromatic heterocycles. The molecule has 5 rings (SSSR count). The summed E-state index contributed by atoms with van der Waals surface area (Å²) in [6.45, 7) is 5.13. The summed E-state index contributed by atoms with van der Waals surface area (Å²) in [5.41, 5.74) is 4.70. The van der Waals surface area contributed by atoms with Gasteiger partial charge in [0.15, 0.2) is 5.82 Å². The largest absolute Gasteiger partial charge is 0.497 e. The molecule has 0 atom stereocenters. The van der Waals surface area contributed by atoms with Crippen LogP contribution in [-0.4, -0.2) is 78.2 Å². The first-order chi connectivity index (χ1) is 20.6. The summed E-state index contributed by atoms with van der Waals surface area (Å²) in [5.74, 6) is 1.22. The summed E-state index contributed by atoms with van der Waals surface area (Å²) in [5, 5.41) is 8.98. The van der Waals surface area contributed by atoms with E-state index in [0.29, 0.717) is 44.0 Å². The fourth-order valence-electron chi connectivity index (χ4n) is 5.10. The van der Waals surface area contributed by atoms with E-state index in [1.54, 1.807) is 36.3 Å². The standard InChI is InChI=1S/C34H37N5O3/c1-3-4-19-39(34(41)29-11-8-12-30(24-29)42-2)25-33(40)38-22-20-37(21-23-38)32-18-17-31(35-36-32)28-15-13-27(14-16-28)26-9-6-5-7-10-26/h5-18,24H,3-4,19-23,25H2,1-2H3. The maximum atomic E-state index is 13.3. The van der Waals surface area contributed by atoms with Crippen molar-refractivity contribution in [2.24, 2.45) is 0 Å². The number of methoxy groups -OCH3 is 1. The molecular formula is C34H37N5O3. The number of unbranched alkanes of at least 4 members (excludes halogenated alkanes) is 1. The average molecular weight is 564 g/mol. The molecule has 2 amide bonds. The third-order valence-electron chi connectivity index (χ3n) is 7.61. The van der Waals surface area contributed by atoms with Gasteiger partial charge in [-0.05, 0) is 47.9 Å². The second-order valence-corrected chi connectivity index (χ2v) is 10.4. The monoisotopic (exact) mass is 563 g/mol. The molecule has 0 bridgehead atoms. The molecule has 2 heterocycles. The maximum absolute atomic E-state index is 13.3. The van der Waals surface area contributed by atoms with E-state index in [1.807, 2.05) is 35.2 Å². The van der Waals surface area contributed by atoms with E-state index in [-0.39, 0.29) is 18.4 Å². The number of benzene rings is 3. The van der Waals surface area contributed by atoms with Crippen molar-refractivity contribution in [2.45, 2.75) is 19.8 Å². The number of piperazine rings is 1. The number of hydrogen-bond donors (Lipinski definition) is 0. The van der Waals surface area contributed by atoms with E-state index in [4.69, 9.17) is 4.74 Å². The summed E-state index contributed by atoms with van der Waals surface area (Å²) in [4.78, 5) is 32.2. The van der Waals surface area contributed by atoms with Crippen LogP contribution in [0.1, 0.15) is 30.1 Å². The maximum Gasteiger partial charge on any atom is 0.254 e. The number of carbonyl (C=O) groups is 2. The van der Waals surface area contributed by atoms with Crippen LogP contribution >= 0.6 is 0 Å². The van der Waals surface area contributed by atoms with E-state index in [2.05, 4.69) is 58.4 Å². The molecule has 0 N–H and O–H groups in total. The highest BCUT2D eigenvalue weighted by molar-refractivity contribution is 5.97. The van der Waals surface area contributed by atoms with Crippen molar-refractivity contribution in [3.8, 4) is 28.1 Å². The topological polar surface area (TPSA) is 78.9 Å². The Bertz CT molecular complexity index is 1470. The van der Waals surface area contributed by atoms with Crippen LogP contribution in [0.15, 0.2) is 91.0 Å². The van der Waals surface area contributed by atoms with Crippen LogP contribution in [0, 0.1) is 0 Å². The van der Waals surface area contributed by atoms with Crippen molar-refractivity contribution in [3.63, 3.8) is 0 Å². The van der Waals surface area contributed by atoms with E-state index >= 15 is 0 Å². The molecular weight excluding hydrogens is 526 g/mol. The molecule has 42 heavy (non-hydrogen) atoms. The Labute approximate surface area is 247 Å². The van der Waals surface area contributed by atoms with Gasteiger partial charge in [-0.15, -0.1) is 10.2 Å². The van der Waals surface area contributed by atoms with Gasteiger partial charge in [0.25, 0.3) is 5.91 Å². The molecule has 1 saturated heterocycles. The van der Waals surface area contributed by atoms with Crippen molar-refractivity contribution in [1.29, 1.82) is 0 Å². The molecule has 3 aromatic carbocycles. The predicted octanol–water partition coefficient (Wildman–Crippen LogP) is 5.41. The van der Waals surface area contributed by atoms with E-state index in [9.17, 15) is 9.59 Å². The fourth-order valence-corrected chi connectivity index (χ4v) is 5.10. The summed E-state index contributed by atoms with van der Waals surface area (Å²) in [6.07, 6.45) is 1.77. The summed E-state index contributed by atoms with van der Waals surface area (Å²) >= 11 is 0. The molecule has 1 aliphatic rings. The second-order valence-electron chi connectivity index (χ2n) is 10.4. The Balaban J connectivity index is 1.17. The Hall–Kier alpha value is -4.72. The summed E-state index contributed by atoms with van der Waals surface area (Å²) < 4.78 is 5.28. The first-order valence-electron chi connectivity index (χ1n) is 14.5.